The van der Waals surface area contributed by atoms with Crippen molar-refractivity contribution in [3.63, 3.8) is 0 Å². The second kappa shape index (κ2) is 7.62. The minimum absolute atomic E-state index is 0. The van der Waals surface area contributed by atoms with Crippen LogP contribution in [0.25, 0.3) is 0 Å². The van der Waals surface area contributed by atoms with Gasteiger partial charge in [-0.3, -0.25) is 0 Å². The molecule has 0 unspecified atom stereocenters. The van der Waals surface area contributed by atoms with E-state index in [1.54, 1.807) is 0 Å². The predicted octanol–water partition coefficient (Wildman–Crippen LogP) is -0.0456. The van der Waals surface area contributed by atoms with E-state index in [1.807, 2.05) is 60.7 Å². The fourth-order valence-electron chi connectivity index (χ4n) is 1.45. The zero-order chi connectivity index (χ0) is 9.80. The molecule has 0 spiro atoms. The average molecular weight is 239 g/mol. The largest absolute Gasteiger partial charge is 2.00 e. The van der Waals surface area contributed by atoms with Crippen LogP contribution in [0.4, 0.5) is 0 Å². The molecule has 0 amide bonds. The van der Waals surface area contributed by atoms with Crippen molar-refractivity contribution in [2.24, 2.45) is 0 Å². The quantitative estimate of drug-likeness (QED) is 0.532. The summed E-state index contributed by atoms with van der Waals surface area (Å²) in [6, 6.07) is 19.3. The Bertz CT molecular complexity index is 352. The molecule has 0 aliphatic rings. The van der Waals surface area contributed by atoms with E-state index >= 15 is 0 Å². The summed E-state index contributed by atoms with van der Waals surface area (Å²) in [7, 11) is -2.17. The maximum Gasteiger partial charge on any atom is 2.00 e. The summed E-state index contributed by atoms with van der Waals surface area (Å²) in [6.07, 6.45) is 0. The average Bonchev–Trinajstić information content (AvgIpc) is 2.30. The van der Waals surface area contributed by atoms with E-state index in [0.29, 0.717) is 0 Å². The van der Waals surface area contributed by atoms with Crippen molar-refractivity contribution < 1.29 is 4.80 Å². The number of hydrogen-bond donors (Lipinski definition) is 0. The van der Waals surface area contributed by atoms with Gasteiger partial charge in [0.2, 0.25) is 0 Å². The van der Waals surface area contributed by atoms with Crippen LogP contribution in [0.3, 0.4) is 0 Å². The van der Waals surface area contributed by atoms with E-state index in [1.165, 1.54) is 0 Å². The molecule has 1 nitrogen and oxygen atoms in total. The second-order valence-corrected chi connectivity index (χ2v) is 5.29. The molecule has 0 aliphatic carbocycles. The molecule has 0 radical (unpaired) electrons. The number of rotatable bonds is 2. The van der Waals surface area contributed by atoms with Crippen molar-refractivity contribution in [2.75, 3.05) is 0 Å². The monoisotopic (exact) mass is 238 g/mol. The van der Waals surface area contributed by atoms with Gasteiger partial charge in [-0.2, -0.15) is 0 Å². The molecule has 78 valence electrons. The Morgan fingerprint density at radius 3 is 1.31 bits per heavy atom. The topological polar surface area (TPSA) is 23.1 Å². The fourth-order valence-corrected chi connectivity index (χ4v) is 2.98. The molecule has 3 heteroatoms. The van der Waals surface area contributed by atoms with Crippen LogP contribution in [0.2, 0.25) is 0 Å². The SMILES string of the molecule is [CH3-].[Mg+2].[O-][SiH](c1ccccc1)c1ccccc1. The molecule has 0 atom stereocenters. The first-order valence-electron chi connectivity index (χ1n) is 4.63. The molecular weight excluding hydrogens is 225 g/mol. The summed E-state index contributed by atoms with van der Waals surface area (Å²) in [5.41, 5.74) is 0. The summed E-state index contributed by atoms with van der Waals surface area (Å²) >= 11 is 0. The predicted molar refractivity (Wildman–Crippen MR) is 71.5 cm³/mol. The Morgan fingerprint density at radius 1 is 0.688 bits per heavy atom. The Kier molecular flexibility index (Phi) is 7.33. The van der Waals surface area contributed by atoms with Crippen LogP contribution in [0.5, 0.6) is 0 Å². The Hall–Kier alpha value is -0.617. The van der Waals surface area contributed by atoms with Crippen molar-refractivity contribution in [3.05, 3.63) is 68.1 Å². The summed E-state index contributed by atoms with van der Waals surface area (Å²) in [5, 5.41) is 1.91. The molecule has 0 aromatic heterocycles. The molecule has 0 heterocycles. The van der Waals surface area contributed by atoms with E-state index in [4.69, 9.17) is 0 Å². The smallest absolute Gasteiger partial charge is 0.854 e. The van der Waals surface area contributed by atoms with Gasteiger partial charge in [-0.1, -0.05) is 71.0 Å². The van der Waals surface area contributed by atoms with Gasteiger partial charge in [0.15, 0.2) is 0 Å². The van der Waals surface area contributed by atoms with Gasteiger partial charge in [0, 0.05) is 9.04 Å². The minimum Gasteiger partial charge on any atom is -0.854 e. The van der Waals surface area contributed by atoms with E-state index < -0.39 is 9.04 Å². The third kappa shape index (κ3) is 3.75. The molecule has 0 N–H and O–H groups in total. The van der Waals surface area contributed by atoms with Crippen molar-refractivity contribution in [3.8, 4) is 0 Å². The first-order chi connectivity index (χ1) is 6.88. The van der Waals surface area contributed by atoms with Gasteiger partial charge in [0.05, 0.1) is 0 Å². The van der Waals surface area contributed by atoms with Gasteiger partial charge in [-0.05, 0) is 0 Å². The van der Waals surface area contributed by atoms with E-state index in [2.05, 4.69) is 0 Å². The van der Waals surface area contributed by atoms with Crippen molar-refractivity contribution in [1.82, 2.24) is 0 Å². The Balaban J connectivity index is 0.00000112. The molecule has 2 aromatic rings. The number of hydrogen-bond acceptors (Lipinski definition) is 1. The molecule has 0 fully saturated rings. The molecule has 0 aliphatic heterocycles. The van der Waals surface area contributed by atoms with Crippen molar-refractivity contribution in [1.29, 1.82) is 0 Å². The maximum atomic E-state index is 12.1. The number of benzene rings is 2. The molecule has 2 rings (SSSR count). The first kappa shape index (κ1) is 15.4. The van der Waals surface area contributed by atoms with Crippen LogP contribution in [-0.4, -0.2) is 32.1 Å². The van der Waals surface area contributed by atoms with Crippen LogP contribution in [0.15, 0.2) is 60.7 Å². The summed E-state index contributed by atoms with van der Waals surface area (Å²) in [6.45, 7) is 0. The van der Waals surface area contributed by atoms with E-state index in [0.717, 1.165) is 10.4 Å². The molecule has 2 aromatic carbocycles. The van der Waals surface area contributed by atoms with Crippen LogP contribution < -0.4 is 15.2 Å². The van der Waals surface area contributed by atoms with Gasteiger partial charge < -0.3 is 12.2 Å². The zero-order valence-corrected chi connectivity index (χ0v) is 12.0. The molecule has 0 saturated carbocycles. The van der Waals surface area contributed by atoms with Crippen molar-refractivity contribution in [2.45, 2.75) is 0 Å². The summed E-state index contributed by atoms with van der Waals surface area (Å²) < 4.78 is 0. The third-order valence-electron chi connectivity index (χ3n) is 2.20. The normalized spacial score (nSPS) is 9.12. The zero-order valence-electron chi connectivity index (χ0n) is 9.47. The molecule has 0 bridgehead atoms. The Morgan fingerprint density at radius 2 is 1.00 bits per heavy atom. The summed E-state index contributed by atoms with van der Waals surface area (Å²) in [4.78, 5) is 12.1. The Labute approximate surface area is 115 Å². The van der Waals surface area contributed by atoms with Gasteiger partial charge in [0.1, 0.15) is 0 Å². The molecule has 16 heavy (non-hydrogen) atoms. The fraction of sp³-hybridized carbons (Fsp3) is 0. The minimum atomic E-state index is -2.17. The standard InChI is InChI=1S/C12H11OSi.CH3.Mg/c13-14(11-7-3-1-4-8-11)12-9-5-2-6-10-12;;/h1-10,14H;1H3;/q2*-1;+2. The van der Waals surface area contributed by atoms with Crippen LogP contribution in [0.1, 0.15) is 0 Å². The summed E-state index contributed by atoms with van der Waals surface area (Å²) in [5.74, 6) is 0. The van der Waals surface area contributed by atoms with E-state index in [9.17, 15) is 4.80 Å². The van der Waals surface area contributed by atoms with Crippen LogP contribution in [0, 0.1) is 7.43 Å². The van der Waals surface area contributed by atoms with E-state index in [-0.39, 0.29) is 30.5 Å². The van der Waals surface area contributed by atoms with Crippen LogP contribution >= 0.6 is 0 Å². The first-order valence-corrected chi connectivity index (χ1v) is 6.26. The molecular formula is C13H14MgOSi. The van der Waals surface area contributed by atoms with Gasteiger partial charge in [-0.25, -0.2) is 0 Å². The van der Waals surface area contributed by atoms with Crippen molar-refractivity contribution >= 4 is 42.5 Å². The third-order valence-corrected chi connectivity index (χ3v) is 4.19. The van der Waals surface area contributed by atoms with Gasteiger partial charge in [-0.15, -0.1) is 0 Å². The molecule has 0 saturated heterocycles. The van der Waals surface area contributed by atoms with Gasteiger partial charge in [0.25, 0.3) is 0 Å². The van der Waals surface area contributed by atoms with Crippen LogP contribution in [-0.2, 0) is 0 Å². The second-order valence-electron chi connectivity index (χ2n) is 3.20. The maximum absolute atomic E-state index is 12.1. The van der Waals surface area contributed by atoms with Gasteiger partial charge >= 0.3 is 23.1 Å².